The lowest BCUT2D eigenvalue weighted by atomic mass is 10.3. The van der Waals surface area contributed by atoms with E-state index in [4.69, 9.17) is 4.42 Å². The van der Waals surface area contributed by atoms with Gasteiger partial charge in [-0.15, -0.1) is 0 Å². The van der Waals surface area contributed by atoms with Gasteiger partial charge in [-0.1, -0.05) is 19.4 Å². The fourth-order valence-electron chi connectivity index (χ4n) is 0.752. The molecule has 54 valence electrons. The summed E-state index contributed by atoms with van der Waals surface area (Å²) in [5.74, 6) is 0.938. The van der Waals surface area contributed by atoms with Crippen LogP contribution in [0.2, 0.25) is 0 Å². The minimum absolute atomic E-state index is 0.938. The molecule has 1 aromatic rings. The fourth-order valence-corrected chi connectivity index (χ4v) is 0.752. The lowest BCUT2D eigenvalue weighted by Crippen LogP contribution is -1.61. The second-order valence-electron chi connectivity index (χ2n) is 2.21. The summed E-state index contributed by atoms with van der Waals surface area (Å²) in [6.45, 7) is 2.16. The smallest absolute Gasteiger partial charge is 0.126 e. The van der Waals surface area contributed by atoms with Crippen molar-refractivity contribution in [1.29, 1.82) is 0 Å². The van der Waals surface area contributed by atoms with Crippen molar-refractivity contribution < 1.29 is 4.42 Å². The van der Waals surface area contributed by atoms with Gasteiger partial charge in [0, 0.05) is 0 Å². The van der Waals surface area contributed by atoms with E-state index in [1.807, 2.05) is 18.2 Å². The van der Waals surface area contributed by atoms with Crippen molar-refractivity contribution >= 4 is 6.08 Å². The van der Waals surface area contributed by atoms with Gasteiger partial charge in [0.15, 0.2) is 0 Å². The van der Waals surface area contributed by atoms with Gasteiger partial charge in [-0.3, -0.25) is 0 Å². The van der Waals surface area contributed by atoms with Crippen molar-refractivity contribution in [3.8, 4) is 0 Å². The first-order valence-corrected chi connectivity index (χ1v) is 3.63. The molecule has 1 heterocycles. The van der Waals surface area contributed by atoms with Crippen molar-refractivity contribution in [3.63, 3.8) is 0 Å². The maximum atomic E-state index is 5.09. The van der Waals surface area contributed by atoms with E-state index in [0.29, 0.717) is 0 Å². The maximum Gasteiger partial charge on any atom is 0.126 e. The summed E-state index contributed by atoms with van der Waals surface area (Å²) >= 11 is 0. The van der Waals surface area contributed by atoms with Crippen molar-refractivity contribution in [2.75, 3.05) is 0 Å². The predicted octanol–water partition coefficient (Wildman–Crippen LogP) is 3.09. The van der Waals surface area contributed by atoms with Gasteiger partial charge in [-0.25, -0.2) is 0 Å². The van der Waals surface area contributed by atoms with Crippen LogP contribution in [0.15, 0.2) is 28.9 Å². The molecular weight excluding hydrogens is 124 g/mol. The Bertz CT molecular complexity index is 185. The molecule has 0 N–H and O–H groups in total. The Morgan fingerprint density at radius 3 is 3.10 bits per heavy atom. The summed E-state index contributed by atoms with van der Waals surface area (Å²) in [5, 5.41) is 0. The molecule has 0 aliphatic rings. The predicted molar refractivity (Wildman–Crippen MR) is 42.7 cm³/mol. The summed E-state index contributed by atoms with van der Waals surface area (Å²) in [6.07, 6.45) is 8.13. The number of rotatable bonds is 3. The number of unbranched alkanes of at least 4 members (excludes halogenated alkanes) is 1. The molecule has 1 rings (SSSR count). The first kappa shape index (κ1) is 7.13. The number of hydrogen-bond donors (Lipinski definition) is 0. The zero-order chi connectivity index (χ0) is 7.23. The van der Waals surface area contributed by atoms with E-state index in [1.54, 1.807) is 6.26 Å². The largest absolute Gasteiger partial charge is 0.465 e. The number of furan rings is 1. The highest BCUT2D eigenvalue weighted by Crippen LogP contribution is 2.03. The Hall–Kier alpha value is -0.980. The molecule has 0 spiro atoms. The van der Waals surface area contributed by atoms with Crippen molar-refractivity contribution in [2.24, 2.45) is 0 Å². The molecule has 0 saturated carbocycles. The highest BCUT2D eigenvalue weighted by Gasteiger charge is 1.84. The molecule has 1 aromatic heterocycles. The minimum Gasteiger partial charge on any atom is -0.465 e. The monoisotopic (exact) mass is 136 g/mol. The molecule has 0 aliphatic heterocycles. The molecule has 0 unspecified atom stereocenters. The first-order chi connectivity index (χ1) is 4.93. The topological polar surface area (TPSA) is 13.1 Å². The average Bonchev–Trinajstić information content (AvgIpc) is 2.41. The summed E-state index contributed by atoms with van der Waals surface area (Å²) in [6, 6.07) is 3.85. The molecule has 0 aliphatic carbocycles. The highest BCUT2D eigenvalue weighted by atomic mass is 16.3. The van der Waals surface area contributed by atoms with Crippen LogP contribution in [0.4, 0.5) is 0 Å². The van der Waals surface area contributed by atoms with E-state index in [1.165, 1.54) is 6.42 Å². The van der Waals surface area contributed by atoms with Crippen LogP contribution in [-0.4, -0.2) is 0 Å². The normalized spacial score (nSPS) is 10.9. The molecule has 1 nitrogen and oxygen atoms in total. The Kier molecular flexibility index (Phi) is 2.81. The summed E-state index contributed by atoms with van der Waals surface area (Å²) in [5.41, 5.74) is 0. The van der Waals surface area contributed by atoms with E-state index >= 15 is 0 Å². The molecule has 1 heteroatoms. The van der Waals surface area contributed by atoms with Crippen LogP contribution in [0, 0.1) is 0 Å². The average molecular weight is 136 g/mol. The first-order valence-electron chi connectivity index (χ1n) is 3.63. The van der Waals surface area contributed by atoms with Gasteiger partial charge in [0.05, 0.1) is 6.26 Å². The van der Waals surface area contributed by atoms with Gasteiger partial charge >= 0.3 is 0 Å². The lowest BCUT2D eigenvalue weighted by molar-refractivity contribution is 0.557. The van der Waals surface area contributed by atoms with E-state index in [9.17, 15) is 0 Å². The molecule has 0 aromatic carbocycles. The third-order valence-corrected chi connectivity index (χ3v) is 1.28. The van der Waals surface area contributed by atoms with Gasteiger partial charge in [0.1, 0.15) is 5.76 Å². The van der Waals surface area contributed by atoms with Crippen LogP contribution in [0.3, 0.4) is 0 Å². The zero-order valence-corrected chi connectivity index (χ0v) is 6.21. The molecular formula is C9H12O. The quantitative estimate of drug-likeness (QED) is 0.622. The van der Waals surface area contributed by atoms with E-state index < -0.39 is 0 Å². The second-order valence-corrected chi connectivity index (χ2v) is 2.21. The molecule has 0 radical (unpaired) electrons. The molecule has 0 fully saturated rings. The second kappa shape index (κ2) is 3.94. The van der Waals surface area contributed by atoms with E-state index in [0.717, 1.165) is 12.2 Å². The van der Waals surface area contributed by atoms with Crippen LogP contribution >= 0.6 is 0 Å². The van der Waals surface area contributed by atoms with Crippen LogP contribution in [0.5, 0.6) is 0 Å². The Labute approximate surface area is 61.4 Å². The standard InChI is InChI=1S/C9H12O/c1-2-3-4-6-9-7-5-8-10-9/h4-8H,2-3H2,1H3. The molecule has 10 heavy (non-hydrogen) atoms. The fraction of sp³-hybridized carbons (Fsp3) is 0.333. The molecule has 0 saturated heterocycles. The molecule has 0 amide bonds. The summed E-state index contributed by atoms with van der Waals surface area (Å²) in [7, 11) is 0. The van der Waals surface area contributed by atoms with Crippen molar-refractivity contribution in [3.05, 3.63) is 30.2 Å². The van der Waals surface area contributed by atoms with Crippen LogP contribution in [-0.2, 0) is 0 Å². The third-order valence-electron chi connectivity index (χ3n) is 1.28. The van der Waals surface area contributed by atoms with Crippen LogP contribution < -0.4 is 0 Å². The van der Waals surface area contributed by atoms with Gasteiger partial charge in [-0.2, -0.15) is 0 Å². The SMILES string of the molecule is CCCC=Cc1ccco1. The van der Waals surface area contributed by atoms with Gasteiger partial charge in [0.2, 0.25) is 0 Å². The van der Waals surface area contributed by atoms with Gasteiger partial charge in [-0.05, 0) is 24.6 Å². The lowest BCUT2D eigenvalue weighted by Gasteiger charge is -1.82. The van der Waals surface area contributed by atoms with Crippen molar-refractivity contribution in [1.82, 2.24) is 0 Å². The maximum absolute atomic E-state index is 5.09. The van der Waals surface area contributed by atoms with Gasteiger partial charge in [0.25, 0.3) is 0 Å². The number of hydrogen-bond acceptors (Lipinski definition) is 1. The molecule has 0 atom stereocenters. The van der Waals surface area contributed by atoms with E-state index in [-0.39, 0.29) is 0 Å². The van der Waals surface area contributed by atoms with Crippen LogP contribution in [0.1, 0.15) is 25.5 Å². The highest BCUT2D eigenvalue weighted by molar-refractivity contribution is 5.41. The Balaban J connectivity index is 2.40. The van der Waals surface area contributed by atoms with Crippen molar-refractivity contribution in [2.45, 2.75) is 19.8 Å². The summed E-state index contributed by atoms with van der Waals surface area (Å²) in [4.78, 5) is 0. The molecule has 0 bridgehead atoms. The summed E-state index contributed by atoms with van der Waals surface area (Å²) < 4.78 is 5.09. The Morgan fingerprint density at radius 1 is 1.60 bits per heavy atom. The van der Waals surface area contributed by atoms with E-state index in [2.05, 4.69) is 13.0 Å². The third kappa shape index (κ3) is 2.09. The zero-order valence-electron chi connectivity index (χ0n) is 6.21. The van der Waals surface area contributed by atoms with Crippen LogP contribution in [0.25, 0.3) is 6.08 Å². The van der Waals surface area contributed by atoms with Gasteiger partial charge < -0.3 is 4.42 Å². The number of allylic oxidation sites excluding steroid dienone is 1. The minimum atomic E-state index is 0.938. The Morgan fingerprint density at radius 2 is 2.50 bits per heavy atom.